The van der Waals surface area contributed by atoms with Crippen LogP contribution in [0.4, 0.5) is 17.2 Å². The summed E-state index contributed by atoms with van der Waals surface area (Å²) in [6.07, 6.45) is 1.51. The SMILES string of the molecule is COc1ccc(Br)cc1Nc1ncnc2cc(N)ccc12. The van der Waals surface area contributed by atoms with E-state index in [2.05, 4.69) is 31.2 Å². The van der Waals surface area contributed by atoms with Crippen LogP contribution in [0.15, 0.2) is 47.2 Å². The molecule has 3 aromatic rings. The predicted octanol–water partition coefficient (Wildman–Crippen LogP) is 3.73. The molecule has 0 bridgehead atoms. The highest BCUT2D eigenvalue weighted by atomic mass is 79.9. The Morgan fingerprint density at radius 2 is 2.00 bits per heavy atom. The highest BCUT2D eigenvalue weighted by molar-refractivity contribution is 9.10. The minimum absolute atomic E-state index is 0.673. The Morgan fingerprint density at radius 1 is 1.14 bits per heavy atom. The van der Waals surface area contributed by atoms with E-state index in [1.54, 1.807) is 7.11 Å². The fraction of sp³-hybridized carbons (Fsp3) is 0.0667. The average molecular weight is 345 g/mol. The van der Waals surface area contributed by atoms with E-state index in [0.717, 1.165) is 26.8 Å². The second-order valence-electron chi connectivity index (χ2n) is 4.47. The molecular formula is C15H13BrN4O. The van der Waals surface area contributed by atoms with Crippen molar-refractivity contribution in [2.45, 2.75) is 0 Å². The third-order valence-electron chi connectivity index (χ3n) is 3.08. The summed E-state index contributed by atoms with van der Waals surface area (Å²) < 4.78 is 6.31. The van der Waals surface area contributed by atoms with E-state index in [0.29, 0.717) is 11.5 Å². The molecule has 3 rings (SSSR count). The van der Waals surface area contributed by atoms with Crippen molar-refractivity contribution in [3.05, 3.63) is 47.2 Å². The molecule has 0 unspecified atom stereocenters. The zero-order chi connectivity index (χ0) is 14.8. The Kier molecular flexibility index (Phi) is 3.62. The minimum Gasteiger partial charge on any atom is -0.495 e. The van der Waals surface area contributed by atoms with Crippen molar-refractivity contribution < 1.29 is 4.74 Å². The maximum Gasteiger partial charge on any atom is 0.142 e. The molecule has 0 saturated heterocycles. The van der Waals surface area contributed by atoms with E-state index >= 15 is 0 Å². The van der Waals surface area contributed by atoms with Gasteiger partial charge in [-0.25, -0.2) is 9.97 Å². The Labute approximate surface area is 130 Å². The number of rotatable bonds is 3. The van der Waals surface area contributed by atoms with Gasteiger partial charge in [0.1, 0.15) is 17.9 Å². The highest BCUT2D eigenvalue weighted by Crippen LogP contribution is 2.32. The van der Waals surface area contributed by atoms with Crippen LogP contribution < -0.4 is 15.8 Å². The number of nitrogens with two attached hydrogens (primary N) is 1. The molecule has 0 spiro atoms. The molecule has 0 aliphatic carbocycles. The summed E-state index contributed by atoms with van der Waals surface area (Å²) in [5, 5.41) is 4.18. The highest BCUT2D eigenvalue weighted by Gasteiger charge is 2.08. The number of benzene rings is 2. The molecule has 0 fully saturated rings. The van der Waals surface area contributed by atoms with Gasteiger partial charge in [0, 0.05) is 15.5 Å². The number of nitrogen functional groups attached to an aromatic ring is 1. The van der Waals surface area contributed by atoms with Crippen molar-refractivity contribution >= 4 is 44.0 Å². The molecule has 2 aromatic carbocycles. The fourth-order valence-corrected chi connectivity index (χ4v) is 2.44. The zero-order valence-corrected chi connectivity index (χ0v) is 12.9. The fourth-order valence-electron chi connectivity index (χ4n) is 2.08. The summed E-state index contributed by atoms with van der Waals surface area (Å²) in [6.45, 7) is 0. The summed E-state index contributed by atoms with van der Waals surface area (Å²) in [6, 6.07) is 11.3. The standard InChI is InChI=1S/C15H13BrN4O/c1-21-14-5-2-9(16)6-13(14)20-15-11-4-3-10(17)7-12(11)18-8-19-15/h2-8H,17H2,1H3,(H,18,19,20). The number of nitrogens with one attached hydrogen (secondary N) is 1. The molecule has 6 heteroatoms. The van der Waals surface area contributed by atoms with Crippen LogP contribution >= 0.6 is 15.9 Å². The van der Waals surface area contributed by atoms with Crippen LogP contribution in [0.1, 0.15) is 0 Å². The summed E-state index contributed by atoms with van der Waals surface area (Å²) in [7, 11) is 1.63. The average Bonchev–Trinajstić information content (AvgIpc) is 2.47. The molecule has 106 valence electrons. The normalized spacial score (nSPS) is 10.6. The molecule has 0 atom stereocenters. The maximum atomic E-state index is 5.79. The summed E-state index contributed by atoms with van der Waals surface area (Å²) >= 11 is 3.45. The number of nitrogens with zero attached hydrogens (tertiary/aromatic N) is 2. The first-order valence-electron chi connectivity index (χ1n) is 6.28. The predicted molar refractivity (Wildman–Crippen MR) is 87.9 cm³/mol. The summed E-state index contributed by atoms with van der Waals surface area (Å²) in [5.74, 6) is 1.44. The lowest BCUT2D eigenvalue weighted by molar-refractivity contribution is 0.416. The number of aromatic nitrogens is 2. The number of fused-ring (bicyclic) bond motifs is 1. The van der Waals surface area contributed by atoms with Crippen molar-refractivity contribution in [3.8, 4) is 5.75 Å². The van der Waals surface area contributed by atoms with Crippen molar-refractivity contribution in [1.29, 1.82) is 0 Å². The molecular weight excluding hydrogens is 332 g/mol. The minimum atomic E-state index is 0.673. The second kappa shape index (κ2) is 5.57. The number of methoxy groups -OCH3 is 1. The Bertz CT molecular complexity index is 807. The Hall–Kier alpha value is -2.34. The number of hydrogen-bond acceptors (Lipinski definition) is 5. The monoisotopic (exact) mass is 344 g/mol. The summed E-state index contributed by atoms with van der Waals surface area (Å²) in [4.78, 5) is 8.54. The van der Waals surface area contributed by atoms with Crippen LogP contribution in [0.2, 0.25) is 0 Å². The van der Waals surface area contributed by atoms with Crippen LogP contribution in [0.25, 0.3) is 10.9 Å². The van der Waals surface area contributed by atoms with Gasteiger partial charge in [-0.15, -0.1) is 0 Å². The molecule has 0 aliphatic rings. The molecule has 1 aromatic heterocycles. The Morgan fingerprint density at radius 3 is 2.81 bits per heavy atom. The van der Waals surface area contributed by atoms with Crippen molar-refractivity contribution in [2.24, 2.45) is 0 Å². The van der Waals surface area contributed by atoms with E-state index in [1.807, 2.05) is 36.4 Å². The zero-order valence-electron chi connectivity index (χ0n) is 11.3. The largest absolute Gasteiger partial charge is 0.495 e. The smallest absolute Gasteiger partial charge is 0.142 e. The van der Waals surface area contributed by atoms with Gasteiger partial charge in [0.15, 0.2) is 0 Å². The van der Waals surface area contributed by atoms with E-state index in [-0.39, 0.29) is 0 Å². The number of hydrogen-bond donors (Lipinski definition) is 2. The number of ether oxygens (including phenoxy) is 1. The van der Waals surface area contributed by atoms with Gasteiger partial charge in [-0.05, 0) is 36.4 Å². The molecule has 0 amide bonds. The molecule has 5 nitrogen and oxygen atoms in total. The first kappa shape index (κ1) is 13.6. The molecule has 0 aliphatic heterocycles. The van der Waals surface area contributed by atoms with Crippen molar-refractivity contribution in [1.82, 2.24) is 9.97 Å². The lowest BCUT2D eigenvalue weighted by Gasteiger charge is -2.12. The van der Waals surface area contributed by atoms with Gasteiger partial charge in [0.25, 0.3) is 0 Å². The first-order chi connectivity index (χ1) is 10.2. The van der Waals surface area contributed by atoms with Gasteiger partial charge in [-0.2, -0.15) is 0 Å². The van der Waals surface area contributed by atoms with Gasteiger partial charge in [0.2, 0.25) is 0 Å². The number of halogens is 1. The van der Waals surface area contributed by atoms with E-state index in [1.165, 1.54) is 6.33 Å². The van der Waals surface area contributed by atoms with Crippen LogP contribution in [0, 0.1) is 0 Å². The lowest BCUT2D eigenvalue weighted by atomic mass is 10.2. The quantitative estimate of drug-likeness (QED) is 0.708. The van der Waals surface area contributed by atoms with Crippen LogP contribution in [-0.2, 0) is 0 Å². The summed E-state index contributed by atoms with van der Waals surface area (Å²) in [5.41, 5.74) is 8.07. The van der Waals surface area contributed by atoms with Gasteiger partial charge in [0.05, 0.1) is 18.3 Å². The molecule has 21 heavy (non-hydrogen) atoms. The van der Waals surface area contributed by atoms with Gasteiger partial charge in [-0.3, -0.25) is 0 Å². The first-order valence-corrected chi connectivity index (χ1v) is 7.07. The van der Waals surface area contributed by atoms with E-state index in [4.69, 9.17) is 10.5 Å². The van der Waals surface area contributed by atoms with Crippen molar-refractivity contribution in [2.75, 3.05) is 18.2 Å². The second-order valence-corrected chi connectivity index (χ2v) is 5.38. The lowest BCUT2D eigenvalue weighted by Crippen LogP contribution is -1.99. The van der Waals surface area contributed by atoms with Gasteiger partial charge < -0.3 is 15.8 Å². The molecule has 3 N–H and O–H groups in total. The van der Waals surface area contributed by atoms with Crippen molar-refractivity contribution in [3.63, 3.8) is 0 Å². The van der Waals surface area contributed by atoms with E-state index in [9.17, 15) is 0 Å². The van der Waals surface area contributed by atoms with Crippen LogP contribution in [-0.4, -0.2) is 17.1 Å². The third kappa shape index (κ3) is 2.75. The third-order valence-corrected chi connectivity index (χ3v) is 3.57. The number of anilines is 3. The van der Waals surface area contributed by atoms with Gasteiger partial charge >= 0.3 is 0 Å². The van der Waals surface area contributed by atoms with Crippen LogP contribution in [0.5, 0.6) is 5.75 Å². The van der Waals surface area contributed by atoms with Crippen LogP contribution in [0.3, 0.4) is 0 Å². The molecule has 1 heterocycles. The van der Waals surface area contributed by atoms with Gasteiger partial charge in [-0.1, -0.05) is 15.9 Å². The molecule has 0 radical (unpaired) electrons. The topological polar surface area (TPSA) is 73.1 Å². The molecule has 0 saturated carbocycles. The maximum absolute atomic E-state index is 5.79. The van der Waals surface area contributed by atoms with E-state index < -0.39 is 0 Å². The Balaban J connectivity index is 2.08.